The van der Waals surface area contributed by atoms with E-state index in [-0.39, 0.29) is 0 Å². The first kappa shape index (κ1) is 10.4. The zero-order chi connectivity index (χ0) is 11.8. The molecule has 0 fully saturated rings. The zero-order valence-electron chi connectivity index (χ0n) is 9.76. The first-order chi connectivity index (χ1) is 8.25. The number of rotatable bonds is 2. The van der Waals surface area contributed by atoms with Crippen molar-refractivity contribution < 1.29 is 9.52 Å². The average Bonchev–Trinajstić information content (AvgIpc) is 2.98. The van der Waals surface area contributed by atoms with Gasteiger partial charge in [0.15, 0.2) is 0 Å². The molecule has 1 atom stereocenters. The largest absolute Gasteiger partial charge is 0.466 e. The number of likely N-dealkylation sites (N-methyl/N-ethyl adjacent to an activating group) is 1. The Morgan fingerprint density at radius 2 is 2.24 bits per heavy atom. The van der Waals surface area contributed by atoms with Crippen LogP contribution < -0.4 is 4.90 Å². The molecule has 17 heavy (non-hydrogen) atoms. The molecule has 0 saturated heterocycles. The number of hydrogen-bond donors (Lipinski definition) is 1. The van der Waals surface area contributed by atoms with Crippen LogP contribution >= 0.6 is 0 Å². The van der Waals surface area contributed by atoms with Crippen LogP contribution in [0, 0.1) is 0 Å². The summed E-state index contributed by atoms with van der Waals surface area (Å²) in [7, 11) is 2.09. The van der Waals surface area contributed by atoms with Crippen LogP contribution in [0.2, 0.25) is 0 Å². The Bertz CT molecular complexity index is 519. The molecule has 1 aliphatic rings. The number of furan rings is 1. The third-order valence-electron chi connectivity index (χ3n) is 3.36. The smallest absolute Gasteiger partial charge is 0.137 e. The third kappa shape index (κ3) is 1.72. The molecule has 2 heterocycles. The molecule has 1 N–H and O–H groups in total. The van der Waals surface area contributed by atoms with Crippen LogP contribution in [0.25, 0.3) is 0 Å². The van der Waals surface area contributed by atoms with Gasteiger partial charge in [-0.25, -0.2) is 0 Å². The van der Waals surface area contributed by atoms with E-state index in [9.17, 15) is 5.11 Å². The van der Waals surface area contributed by atoms with Crippen molar-refractivity contribution in [2.75, 3.05) is 18.5 Å². The van der Waals surface area contributed by atoms with Crippen molar-refractivity contribution in [1.82, 2.24) is 0 Å². The fraction of sp³-hybridized carbons (Fsp3) is 0.286. The molecule has 1 unspecified atom stereocenters. The maximum absolute atomic E-state index is 10.2. The van der Waals surface area contributed by atoms with Crippen molar-refractivity contribution in [2.45, 2.75) is 12.5 Å². The van der Waals surface area contributed by atoms with Gasteiger partial charge in [0, 0.05) is 19.3 Å². The summed E-state index contributed by atoms with van der Waals surface area (Å²) < 4.78 is 5.23. The number of anilines is 1. The quantitative estimate of drug-likeness (QED) is 0.858. The summed E-state index contributed by atoms with van der Waals surface area (Å²) in [4.78, 5) is 2.23. The maximum Gasteiger partial charge on any atom is 0.137 e. The van der Waals surface area contributed by atoms with E-state index in [4.69, 9.17) is 4.42 Å². The number of nitrogens with zero attached hydrogens (tertiary/aromatic N) is 1. The van der Waals surface area contributed by atoms with Crippen LogP contribution in [0.4, 0.5) is 5.69 Å². The summed E-state index contributed by atoms with van der Waals surface area (Å²) in [6, 6.07) is 9.70. The second-order valence-corrected chi connectivity index (χ2v) is 4.48. The first-order valence-corrected chi connectivity index (χ1v) is 5.81. The summed E-state index contributed by atoms with van der Waals surface area (Å²) in [5.41, 5.74) is 3.46. The minimum Gasteiger partial charge on any atom is -0.466 e. The Hall–Kier alpha value is -1.74. The van der Waals surface area contributed by atoms with Crippen LogP contribution in [0.5, 0.6) is 0 Å². The monoisotopic (exact) mass is 229 g/mol. The highest BCUT2D eigenvalue weighted by Crippen LogP contribution is 2.31. The first-order valence-electron chi connectivity index (χ1n) is 5.81. The van der Waals surface area contributed by atoms with E-state index < -0.39 is 6.10 Å². The number of benzene rings is 1. The van der Waals surface area contributed by atoms with Gasteiger partial charge >= 0.3 is 0 Å². The molecular formula is C14H15NO2. The van der Waals surface area contributed by atoms with Crippen molar-refractivity contribution >= 4 is 5.69 Å². The molecular weight excluding hydrogens is 214 g/mol. The zero-order valence-corrected chi connectivity index (χ0v) is 9.76. The fourth-order valence-electron chi connectivity index (χ4n) is 2.37. The Morgan fingerprint density at radius 3 is 3.00 bits per heavy atom. The Balaban J connectivity index is 1.95. The topological polar surface area (TPSA) is 36.6 Å². The van der Waals surface area contributed by atoms with Gasteiger partial charge < -0.3 is 14.4 Å². The lowest BCUT2D eigenvalue weighted by Crippen LogP contribution is -2.12. The van der Waals surface area contributed by atoms with Crippen LogP contribution in [-0.2, 0) is 6.42 Å². The van der Waals surface area contributed by atoms with Crippen molar-refractivity contribution in [3.63, 3.8) is 0 Å². The second-order valence-electron chi connectivity index (χ2n) is 4.48. The highest BCUT2D eigenvalue weighted by molar-refractivity contribution is 5.58. The predicted octanol–water partition coefficient (Wildman–Crippen LogP) is 2.35. The lowest BCUT2D eigenvalue weighted by atomic mass is 10.0. The van der Waals surface area contributed by atoms with Gasteiger partial charge in [-0.05, 0) is 35.7 Å². The third-order valence-corrected chi connectivity index (χ3v) is 3.36. The molecule has 3 heteroatoms. The summed E-state index contributed by atoms with van der Waals surface area (Å²) in [5.74, 6) is 0.594. The lowest BCUT2D eigenvalue weighted by molar-refractivity contribution is 0.189. The molecule has 1 aromatic carbocycles. The molecule has 1 aliphatic heterocycles. The van der Waals surface area contributed by atoms with Crippen LogP contribution in [0.3, 0.4) is 0 Å². The molecule has 0 aliphatic carbocycles. The summed E-state index contributed by atoms with van der Waals surface area (Å²) in [6.45, 7) is 1.05. The Labute approximate surface area is 100 Å². The van der Waals surface area contributed by atoms with Gasteiger partial charge in [0.25, 0.3) is 0 Å². The van der Waals surface area contributed by atoms with Gasteiger partial charge in [-0.2, -0.15) is 0 Å². The minimum atomic E-state index is -0.666. The van der Waals surface area contributed by atoms with Crippen LogP contribution in [0.15, 0.2) is 41.0 Å². The number of hydrogen-bond acceptors (Lipinski definition) is 3. The number of fused-ring (bicyclic) bond motifs is 1. The highest BCUT2D eigenvalue weighted by atomic mass is 16.4. The van der Waals surface area contributed by atoms with Gasteiger partial charge in [-0.3, -0.25) is 0 Å². The Morgan fingerprint density at radius 1 is 1.35 bits per heavy atom. The summed E-state index contributed by atoms with van der Waals surface area (Å²) in [5, 5.41) is 10.2. The lowest BCUT2D eigenvalue weighted by Gasteiger charge is -2.13. The van der Waals surface area contributed by atoms with Gasteiger partial charge in [0.1, 0.15) is 11.9 Å². The predicted molar refractivity (Wildman–Crippen MR) is 66.2 cm³/mol. The van der Waals surface area contributed by atoms with E-state index in [1.807, 2.05) is 6.07 Å². The molecule has 0 radical (unpaired) electrons. The van der Waals surface area contributed by atoms with Crippen LogP contribution in [-0.4, -0.2) is 18.7 Å². The molecule has 3 nitrogen and oxygen atoms in total. The van der Waals surface area contributed by atoms with E-state index >= 15 is 0 Å². The normalized spacial score (nSPS) is 16.0. The van der Waals surface area contributed by atoms with Gasteiger partial charge in [0.05, 0.1) is 6.26 Å². The van der Waals surface area contributed by atoms with Crippen LogP contribution in [0.1, 0.15) is 23.0 Å². The molecule has 0 spiro atoms. The van der Waals surface area contributed by atoms with Gasteiger partial charge in [-0.15, -0.1) is 0 Å². The van der Waals surface area contributed by atoms with E-state index in [1.54, 1.807) is 18.4 Å². The highest BCUT2D eigenvalue weighted by Gasteiger charge is 2.19. The standard InChI is InChI=1S/C14H15NO2/c1-15-7-6-10-9-11(4-5-12(10)15)14(16)13-3-2-8-17-13/h2-5,8-9,14,16H,6-7H2,1H3. The van der Waals surface area contributed by atoms with E-state index in [1.165, 1.54) is 11.3 Å². The minimum absolute atomic E-state index is 0.594. The second kappa shape index (κ2) is 3.93. The van der Waals surface area contributed by atoms with E-state index in [0.29, 0.717) is 5.76 Å². The SMILES string of the molecule is CN1CCc2cc(C(O)c3ccco3)ccc21. The number of aliphatic hydroxyl groups is 1. The number of aliphatic hydroxyl groups excluding tert-OH is 1. The molecule has 0 amide bonds. The van der Waals surface area contributed by atoms with Gasteiger partial charge in [-0.1, -0.05) is 12.1 Å². The van der Waals surface area contributed by atoms with Crippen molar-refractivity contribution in [2.24, 2.45) is 0 Å². The van der Waals surface area contributed by atoms with E-state index in [0.717, 1.165) is 18.5 Å². The molecule has 1 aromatic heterocycles. The van der Waals surface area contributed by atoms with Crippen molar-refractivity contribution in [3.8, 4) is 0 Å². The molecule has 0 bridgehead atoms. The van der Waals surface area contributed by atoms with Crippen molar-refractivity contribution in [1.29, 1.82) is 0 Å². The molecule has 2 aromatic rings. The molecule has 3 rings (SSSR count). The molecule has 0 saturated carbocycles. The average molecular weight is 229 g/mol. The van der Waals surface area contributed by atoms with Crippen molar-refractivity contribution in [3.05, 3.63) is 53.5 Å². The maximum atomic E-state index is 10.2. The Kier molecular flexibility index (Phi) is 2.41. The fourth-order valence-corrected chi connectivity index (χ4v) is 2.37. The summed E-state index contributed by atoms with van der Waals surface area (Å²) in [6.07, 6.45) is 1.96. The van der Waals surface area contributed by atoms with E-state index in [2.05, 4.69) is 24.1 Å². The summed E-state index contributed by atoms with van der Waals surface area (Å²) >= 11 is 0. The van der Waals surface area contributed by atoms with Gasteiger partial charge in [0.2, 0.25) is 0 Å². The molecule has 88 valence electrons.